The Kier molecular flexibility index (Phi) is 5.42. The highest BCUT2D eigenvalue weighted by atomic mass is 16.5. The minimum Gasteiger partial charge on any atom is -0.481 e. The van der Waals surface area contributed by atoms with Gasteiger partial charge in [-0.25, -0.2) is 0 Å². The maximum atomic E-state index is 13.2. The number of carboxylic acid groups (broad SMARTS) is 1. The van der Waals surface area contributed by atoms with E-state index in [0.717, 1.165) is 18.5 Å². The maximum absolute atomic E-state index is 13.2. The van der Waals surface area contributed by atoms with E-state index in [0.29, 0.717) is 24.4 Å². The summed E-state index contributed by atoms with van der Waals surface area (Å²) in [5, 5.41) is 13.7. The lowest BCUT2D eigenvalue weighted by molar-refractivity contribution is -0.137. The van der Waals surface area contributed by atoms with Gasteiger partial charge in [-0.05, 0) is 19.3 Å². The molecular formula is C18H27N3O4. The Morgan fingerprint density at radius 2 is 2.04 bits per heavy atom. The van der Waals surface area contributed by atoms with E-state index in [-0.39, 0.29) is 24.5 Å². The van der Waals surface area contributed by atoms with Crippen molar-refractivity contribution in [3.63, 3.8) is 0 Å². The average Bonchev–Trinajstić information content (AvgIpc) is 3.18. The molecule has 1 N–H and O–H groups in total. The molecule has 0 radical (unpaired) electrons. The molecule has 1 aromatic heterocycles. The molecule has 2 fully saturated rings. The van der Waals surface area contributed by atoms with Gasteiger partial charge in [0.2, 0.25) is 0 Å². The lowest BCUT2D eigenvalue weighted by Crippen LogP contribution is -2.37. The molecule has 1 saturated carbocycles. The molecule has 1 aliphatic heterocycles. The van der Waals surface area contributed by atoms with Crippen molar-refractivity contribution in [2.45, 2.75) is 63.0 Å². The maximum Gasteiger partial charge on any atom is 0.305 e. The molecular weight excluding hydrogens is 322 g/mol. The Morgan fingerprint density at radius 3 is 2.68 bits per heavy atom. The molecule has 1 aliphatic carbocycles. The first-order valence-electron chi connectivity index (χ1n) is 9.08. The highest BCUT2D eigenvalue weighted by Crippen LogP contribution is 2.35. The van der Waals surface area contributed by atoms with Crippen LogP contribution in [0.3, 0.4) is 0 Å². The van der Waals surface area contributed by atoms with Gasteiger partial charge in [-0.3, -0.25) is 14.3 Å². The molecule has 138 valence electrons. The third-order valence-corrected chi connectivity index (χ3v) is 5.46. The van der Waals surface area contributed by atoms with Gasteiger partial charge >= 0.3 is 5.97 Å². The number of methoxy groups -OCH3 is 1. The number of rotatable bonds is 5. The third kappa shape index (κ3) is 3.86. The van der Waals surface area contributed by atoms with Crippen LogP contribution in [0.2, 0.25) is 0 Å². The molecule has 0 spiro atoms. The van der Waals surface area contributed by atoms with Crippen molar-refractivity contribution in [3.8, 4) is 0 Å². The number of nitrogens with zero attached hydrogens (tertiary/aromatic N) is 3. The number of hydrogen-bond donors (Lipinski definition) is 1. The Labute approximate surface area is 147 Å². The minimum atomic E-state index is -0.891. The van der Waals surface area contributed by atoms with Crippen LogP contribution in [0.5, 0.6) is 0 Å². The summed E-state index contributed by atoms with van der Waals surface area (Å²) in [7, 11) is 3.44. The second-order valence-corrected chi connectivity index (χ2v) is 7.24. The standard InChI is InChI=1S/C18H27N3O4/c1-20-11-15(17(19-20)12-6-4-3-5-7-12)18(24)21-10-14(25-2)8-13(21)9-16(22)23/h11-14H,3-10H2,1-2H3,(H,22,23)/t13-,14-/m1/s1. The van der Waals surface area contributed by atoms with Crippen LogP contribution < -0.4 is 0 Å². The van der Waals surface area contributed by atoms with E-state index in [9.17, 15) is 14.7 Å². The summed E-state index contributed by atoms with van der Waals surface area (Å²) >= 11 is 0. The van der Waals surface area contributed by atoms with E-state index in [1.165, 1.54) is 19.3 Å². The van der Waals surface area contributed by atoms with E-state index < -0.39 is 5.97 Å². The van der Waals surface area contributed by atoms with E-state index in [2.05, 4.69) is 5.10 Å². The lowest BCUT2D eigenvalue weighted by Gasteiger charge is -2.25. The molecule has 1 amide bonds. The van der Waals surface area contributed by atoms with Gasteiger partial charge in [0.1, 0.15) is 0 Å². The third-order valence-electron chi connectivity index (χ3n) is 5.46. The zero-order valence-corrected chi connectivity index (χ0v) is 15.0. The zero-order valence-electron chi connectivity index (χ0n) is 15.0. The number of likely N-dealkylation sites (tertiary alicyclic amines) is 1. The highest BCUT2D eigenvalue weighted by Gasteiger charge is 2.38. The summed E-state index contributed by atoms with van der Waals surface area (Å²) in [5.74, 6) is -0.676. The molecule has 0 bridgehead atoms. The molecule has 1 saturated heterocycles. The summed E-state index contributed by atoms with van der Waals surface area (Å²) in [6.45, 7) is 0.437. The first-order chi connectivity index (χ1) is 12.0. The number of hydrogen-bond acceptors (Lipinski definition) is 4. The van der Waals surface area contributed by atoms with Crippen LogP contribution in [0.4, 0.5) is 0 Å². The van der Waals surface area contributed by atoms with Crippen LogP contribution in [0, 0.1) is 0 Å². The van der Waals surface area contributed by atoms with Crippen molar-refractivity contribution >= 4 is 11.9 Å². The number of carboxylic acids is 1. The van der Waals surface area contributed by atoms with E-state index in [4.69, 9.17) is 4.74 Å². The minimum absolute atomic E-state index is 0.0510. The van der Waals surface area contributed by atoms with E-state index >= 15 is 0 Å². The monoisotopic (exact) mass is 349 g/mol. The first-order valence-corrected chi connectivity index (χ1v) is 9.08. The van der Waals surface area contributed by atoms with Gasteiger partial charge in [0, 0.05) is 38.9 Å². The highest BCUT2D eigenvalue weighted by molar-refractivity contribution is 5.96. The van der Waals surface area contributed by atoms with Crippen molar-refractivity contribution in [3.05, 3.63) is 17.5 Å². The summed E-state index contributed by atoms with van der Waals surface area (Å²) in [6, 6.07) is -0.325. The summed E-state index contributed by atoms with van der Waals surface area (Å²) in [6.07, 6.45) is 7.91. The molecule has 0 unspecified atom stereocenters. The number of aromatic nitrogens is 2. The Hall–Kier alpha value is -1.89. The zero-order chi connectivity index (χ0) is 18.0. The Balaban J connectivity index is 1.85. The van der Waals surface area contributed by atoms with Crippen LogP contribution in [-0.2, 0) is 16.6 Å². The van der Waals surface area contributed by atoms with Gasteiger partial charge in [0.15, 0.2) is 0 Å². The number of ether oxygens (including phenoxy) is 1. The van der Waals surface area contributed by atoms with Gasteiger partial charge in [-0.1, -0.05) is 19.3 Å². The number of carbonyl (C=O) groups is 2. The quantitative estimate of drug-likeness (QED) is 0.881. The average molecular weight is 349 g/mol. The van der Waals surface area contributed by atoms with Gasteiger partial charge in [0.05, 0.1) is 23.8 Å². The summed E-state index contributed by atoms with van der Waals surface area (Å²) in [4.78, 5) is 26.1. The molecule has 2 aliphatic rings. The Morgan fingerprint density at radius 1 is 1.32 bits per heavy atom. The number of aliphatic carboxylic acids is 1. The molecule has 0 aromatic carbocycles. The SMILES string of the molecule is CO[C@@H]1C[C@H](CC(=O)O)N(C(=O)c2cn(C)nc2C2CCCCC2)C1. The first kappa shape index (κ1) is 17.9. The largest absolute Gasteiger partial charge is 0.481 e. The lowest BCUT2D eigenvalue weighted by atomic mass is 9.85. The van der Waals surface area contributed by atoms with Crippen LogP contribution in [-0.4, -0.2) is 57.5 Å². The number of aryl methyl sites for hydroxylation is 1. The predicted octanol–water partition coefficient (Wildman–Crippen LogP) is 2.17. The molecule has 3 rings (SSSR count). The van der Waals surface area contributed by atoms with Crippen molar-refractivity contribution in [1.82, 2.24) is 14.7 Å². The molecule has 25 heavy (non-hydrogen) atoms. The molecule has 2 atom stereocenters. The van der Waals surface area contributed by atoms with Gasteiger partial charge in [-0.15, -0.1) is 0 Å². The summed E-state index contributed by atoms with van der Waals surface area (Å²) < 4.78 is 7.08. The fourth-order valence-electron chi connectivity index (χ4n) is 4.19. The van der Waals surface area contributed by atoms with Crippen molar-refractivity contribution in [2.24, 2.45) is 7.05 Å². The fourth-order valence-corrected chi connectivity index (χ4v) is 4.19. The van der Waals surface area contributed by atoms with E-state index in [1.807, 2.05) is 7.05 Å². The van der Waals surface area contributed by atoms with Gasteiger partial charge < -0.3 is 14.7 Å². The van der Waals surface area contributed by atoms with Crippen LogP contribution >= 0.6 is 0 Å². The van der Waals surface area contributed by atoms with Crippen molar-refractivity contribution in [2.75, 3.05) is 13.7 Å². The second kappa shape index (κ2) is 7.56. The molecule has 7 nitrogen and oxygen atoms in total. The topological polar surface area (TPSA) is 84.7 Å². The Bertz CT molecular complexity index is 636. The second-order valence-electron chi connectivity index (χ2n) is 7.24. The fraction of sp³-hybridized carbons (Fsp3) is 0.722. The van der Waals surface area contributed by atoms with Gasteiger partial charge in [-0.2, -0.15) is 5.10 Å². The smallest absolute Gasteiger partial charge is 0.305 e. The summed E-state index contributed by atoms with van der Waals surface area (Å²) in [5.41, 5.74) is 1.50. The van der Waals surface area contributed by atoms with Crippen molar-refractivity contribution < 1.29 is 19.4 Å². The molecule has 2 heterocycles. The molecule has 7 heteroatoms. The van der Waals surface area contributed by atoms with Crippen LogP contribution in [0.15, 0.2) is 6.20 Å². The normalized spacial score (nSPS) is 24.6. The van der Waals surface area contributed by atoms with E-state index in [1.54, 1.807) is 22.9 Å². The van der Waals surface area contributed by atoms with Crippen LogP contribution in [0.1, 0.15) is 66.9 Å². The predicted molar refractivity (Wildman–Crippen MR) is 91.5 cm³/mol. The van der Waals surface area contributed by atoms with Crippen LogP contribution in [0.25, 0.3) is 0 Å². The van der Waals surface area contributed by atoms with Crippen molar-refractivity contribution in [1.29, 1.82) is 0 Å². The molecule has 1 aromatic rings. The number of amides is 1. The number of carbonyl (C=O) groups excluding carboxylic acids is 1. The van der Waals surface area contributed by atoms with Gasteiger partial charge in [0.25, 0.3) is 5.91 Å².